The van der Waals surface area contributed by atoms with Crippen LogP contribution < -0.4 is 0 Å². The molecule has 0 saturated heterocycles. The topological polar surface area (TPSA) is 50.5 Å². The van der Waals surface area contributed by atoms with Crippen LogP contribution in [0.25, 0.3) is 16.8 Å². The second kappa shape index (κ2) is 6.86. The molecule has 0 aliphatic rings. The van der Waals surface area contributed by atoms with Crippen molar-refractivity contribution < 1.29 is 18.0 Å². The van der Waals surface area contributed by atoms with E-state index in [1.165, 1.54) is 22.8 Å². The molecule has 5 nitrogen and oxygen atoms in total. The highest BCUT2D eigenvalue weighted by atomic mass is 19.4. The molecule has 27 heavy (non-hydrogen) atoms. The van der Waals surface area contributed by atoms with Crippen molar-refractivity contribution in [1.82, 2.24) is 19.7 Å². The smallest absolute Gasteiger partial charge is 0.383 e. The zero-order valence-electron chi connectivity index (χ0n) is 14.9. The second-order valence-corrected chi connectivity index (χ2v) is 6.30. The zero-order valence-corrected chi connectivity index (χ0v) is 14.9. The van der Waals surface area contributed by atoms with E-state index >= 15 is 0 Å². The molecule has 0 N–H and O–H groups in total. The van der Waals surface area contributed by atoms with Gasteiger partial charge in [0.2, 0.25) is 0 Å². The molecule has 0 amide bonds. The lowest BCUT2D eigenvalue weighted by molar-refractivity contribution is -0.137. The highest BCUT2D eigenvalue weighted by Crippen LogP contribution is 2.33. The summed E-state index contributed by atoms with van der Waals surface area (Å²) < 4.78 is 40.5. The first-order chi connectivity index (χ1) is 12.7. The summed E-state index contributed by atoms with van der Waals surface area (Å²) in [6, 6.07) is 8.17. The Morgan fingerprint density at radius 1 is 1.15 bits per heavy atom. The van der Waals surface area contributed by atoms with Gasteiger partial charge in [0, 0.05) is 31.9 Å². The van der Waals surface area contributed by atoms with Crippen LogP contribution in [0.3, 0.4) is 0 Å². The van der Waals surface area contributed by atoms with Gasteiger partial charge in [0.15, 0.2) is 5.78 Å². The van der Waals surface area contributed by atoms with Gasteiger partial charge in [0.05, 0.1) is 22.3 Å². The summed E-state index contributed by atoms with van der Waals surface area (Å²) in [7, 11) is 3.52. The van der Waals surface area contributed by atoms with Gasteiger partial charge in [-0.05, 0) is 31.2 Å². The van der Waals surface area contributed by atoms with Crippen LogP contribution in [0.15, 0.2) is 48.7 Å². The molecule has 0 spiro atoms. The van der Waals surface area contributed by atoms with E-state index in [1.807, 2.05) is 0 Å². The van der Waals surface area contributed by atoms with Gasteiger partial charge in [0.1, 0.15) is 5.69 Å². The molecule has 1 aromatic carbocycles. The predicted octanol–water partition coefficient (Wildman–Crippen LogP) is 3.98. The van der Waals surface area contributed by atoms with E-state index in [0.717, 1.165) is 12.1 Å². The number of hydrogen-bond donors (Lipinski definition) is 0. The third kappa shape index (κ3) is 3.84. The zero-order chi connectivity index (χ0) is 19.8. The highest BCUT2D eigenvalue weighted by molar-refractivity contribution is 6.13. The Morgan fingerprint density at radius 2 is 1.89 bits per heavy atom. The SMILES string of the molecule is Cc1ccc2c(C(=O)C=CN(C)C)c(-c3cccc(C(F)(F)F)c3)nn2n1. The van der Waals surface area contributed by atoms with E-state index in [9.17, 15) is 18.0 Å². The van der Waals surface area contributed by atoms with E-state index < -0.39 is 11.7 Å². The number of hydrogen-bond acceptors (Lipinski definition) is 4. The van der Waals surface area contributed by atoms with E-state index in [2.05, 4.69) is 10.2 Å². The van der Waals surface area contributed by atoms with Crippen LogP contribution in [0, 0.1) is 6.92 Å². The molecule has 2 aromatic heterocycles. The van der Waals surface area contributed by atoms with Gasteiger partial charge >= 0.3 is 6.18 Å². The van der Waals surface area contributed by atoms with Crippen molar-refractivity contribution in [2.45, 2.75) is 13.1 Å². The van der Waals surface area contributed by atoms with Crippen LogP contribution in [0.2, 0.25) is 0 Å². The summed E-state index contributed by atoms with van der Waals surface area (Å²) in [5.41, 5.74) is 0.871. The molecule has 0 atom stereocenters. The van der Waals surface area contributed by atoms with Crippen molar-refractivity contribution in [3.63, 3.8) is 0 Å². The third-order valence-electron chi connectivity index (χ3n) is 3.87. The number of aromatic nitrogens is 3. The molecular weight excluding hydrogens is 357 g/mol. The van der Waals surface area contributed by atoms with Crippen LogP contribution >= 0.6 is 0 Å². The maximum Gasteiger partial charge on any atom is 0.416 e. The fraction of sp³-hybridized carbons (Fsp3) is 0.211. The lowest BCUT2D eigenvalue weighted by Crippen LogP contribution is -2.05. The molecule has 0 aliphatic carbocycles. The highest BCUT2D eigenvalue weighted by Gasteiger charge is 2.31. The summed E-state index contributed by atoms with van der Waals surface area (Å²) in [5, 5.41) is 8.51. The molecule has 3 aromatic rings. The van der Waals surface area contributed by atoms with Gasteiger partial charge in [-0.15, -0.1) is 5.10 Å². The number of carbonyl (C=O) groups is 1. The van der Waals surface area contributed by atoms with Crippen molar-refractivity contribution in [1.29, 1.82) is 0 Å². The molecular formula is C19H17F3N4O. The first-order valence-electron chi connectivity index (χ1n) is 8.10. The molecule has 2 heterocycles. The van der Waals surface area contributed by atoms with Crippen LogP contribution in [0.1, 0.15) is 21.6 Å². The van der Waals surface area contributed by atoms with Gasteiger partial charge in [-0.2, -0.15) is 22.9 Å². The minimum atomic E-state index is -4.49. The summed E-state index contributed by atoms with van der Waals surface area (Å²) in [5.74, 6) is -0.364. The minimum absolute atomic E-state index is 0.160. The summed E-state index contributed by atoms with van der Waals surface area (Å²) >= 11 is 0. The van der Waals surface area contributed by atoms with Crippen molar-refractivity contribution in [2.24, 2.45) is 0 Å². The Balaban J connectivity index is 2.23. The fourth-order valence-corrected chi connectivity index (χ4v) is 2.62. The lowest BCUT2D eigenvalue weighted by atomic mass is 10.0. The number of rotatable bonds is 4. The van der Waals surface area contributed by atoms with Crippen LogP contribution in [0.5, 0.6) is 0 Å². The van der Waals surface area contributed by atoms with Crippen LogP contribution in [-0.4, -0.2) is 39.6 Å². The van der Waals surface area contributed by atoms with Crippen molar-refractivity contribution in [3.05, 3.63) is 65.5 Å². The van der Waals surface area contributed by atoms with Crippen molar-refractivity contribution in [3.8, 4) is 11.3 Å². The number of allylic oxidation sites excluding steroid dienone is 1. The fourth-order valence-electron chi connectivity index (χ4n) is 2.62. The average molecular weight is 374 g/mol. The van der Waals surface area contributed by atoms with Gasteiger partial charge in [0.25, 0.3) is 0 Å². The van der Waals surface area contributed by atoms with Gasteiger partial charge < -0.3 is 4.90 Å². The first kappa shape index (κ1) is 18.6. The normalized spacial score (nSPS) is 12.1. The van der Waals surface area contributed by atoms with E-state index in [-0.39, 0.29) is 22.6 Å². The average Bonchev–Trinajstić information content (AvgIpc) is 2.97. The number of halogens is 3. The number of fused-ring (bicyclic) bond motifs is 1. The molecule has 8 heteroatoms. The standard InChI is InChI=1S/C19H17F3N4O/c1-12-7-8-15-17(16(27)9-10-25(2)3)18(24-26(15)23-12)13-5-4-6-14(11-13)19(20,21)22/h4-11H,1-3H3. The third-order valence-corrected chi connectivity index (χ3v) is 3.87. The van der Waals surface area contributed by atoms with E-state index in [1.54, 1.807) is 44.3 Å². The number of carbonyl (C=O) groups excluding carboxylic acids is 1. The van der Waals surface area contributed by atoms with E-state index in [0.29, 0.717) is 11.2 Å². The molecule has 0 saturated carbocycles. The summed E-state index contributed by atoms with van der Waals surface area (Å²) in [6.07, 6.45) is -1.56. The Hall–Kier alpha value is -3.16. The van der Waals surface area contributed by atoms with Crippen molar-refractivity contribution >= 4 is 11.3 Å². The molecule has 3 rings (SSSR count). The number of aryl methyl sites for hydroxylation is 1. The molecule has 140 valence electrons. The van der Waals surface area contributed by atoms with Gasteiger partial charge in [-0.3, -0.25) is 4.79 Å². The number of alkyl halides is 3. The minimum Gasteiger partial charge on any atom is -0.383 e. The maximum absolute atomic E-state index is 13.1. The Labute approximate surface area is 153 Å². The largest absolute Gasteiger partial charge is 0.416 e. The molecule has 0 radical (unpaired) electrons. The first-order valence-corrected chi connectivity index (χ1v) is 8.10. The molecule has 0 aliphatic heterocycles. The van der Waals surface area contributed by atoms with Crippen molar-refractivity contribution in [2.75, 3.05) is 14.1 Å². The van der Waals surface area contributed by atoms with E-state index in [4.69, 9.17) is 0 Å². The second-order valence-electron chi connectivity index (χ2n) is 6.30. The number of ketones is 1. The van der Waals surface area contributed by atoms with Gasteiger partial charge in [-0.1, -0.05) is 12.1 Å². The lowest BCUT2D eigenvalue weighted by Gasteiger charge is -2.08. The Kier molecular flexibility index (Phi) is 4.73. The van der Waals surface area contributed by atoms with Gasteiger partial charge in [-0.25, -0.2) is 0 Å². The summed E-state index contributed by atoms with van der Waals surface area (Å²) in [4.78, 5) is 14.5. The quantitative estimate of drug-likeness (QED) is 0.512. The number of benzene rings is 1. The number of nitrogens with zero attached hydrogens (tertiary/aromatic N) is 4. The van der Waals surface area contributed by atoms with Crippen LogP contribution in [0.4, 0.5) is 13.2 Å². The Morgan fingerprint density at radius 3 is 2.56 bits per heavy atom. The molecule has 0 bridgehead atoms. The monoisotopic (exact) mass is 374 g/mol. The maximum atomic E-state index is 13.1. The predicted molar refractivity (Wildman–Crippen MR) is 95.3 cm³/mol. The van der Waals surface area contributed by atoms with Crippen LogP contribution in [-0.2, 0) is 6.18 Å². The molecule has 0 unspecified atom stereocenters. The summed E-state index contributed by atoms with van der Waals surface area (Å²) in [6.45, 7) is 1.76. The Bertz CT molecular complexity index is 1040. The molecule has 0 fully saturated rings.